The number of para-hydroxylation sites is 1. The largest absolute Gasteiger partial charge is 0.309 e. The molecule has 15 rings (SSSR count). The molecule has 0 unspecified atom stereocenters. The van der Waals surface area contributed by atoms with Gasteiger partial charge in [-0.3, -0.25) is 4.57 Å². The zero-order valence-electron chi connectivity index (χ0n) is 40.8. The van der Waals surface area contributed by atoms with Crippen LogP contribution in [0.15, 0.2) is 243 Å². The number of hydrogen-bond donors (Lipinski definition) is 0. The summed E-state index contributed by atoms with van der Waals surface area (Å²) < 4.78 is 4.96. The Kier molecular flexibility index (Phi) is 9.44. The smallest absolute Gasteiger partial charge is 0.162 e. The van der Waals surface area contributed by atoms with Gasteiger partial charge in [-0.2, -0.15) is 0 Å². The van der Waals surface area contributed by atoms with Gasteiger partial charge in [0.25, 0.3) is 0 Å². The summed E-state index contributed by atoms with van der Waals surface area (Å²) in [5.41, 5.74) is 15.7. The Morgan fingerprint density at radius 1 is 0.392 bits per heavy atom. The van der Waals surface area contributed by atoms with Crippen LogP contribution in [0.1, 0.15) is 25.0 Å². The molecule has 0 radical (unpaired) electrons. The second-order valence-electron chi connectivity index (χ2n) is 20.1. The van der Waals surface area contributed by atoms with Gasteiger partial charge in [0, 0.05) is 70.2 Å². The van der Waals surface area contributed by atoms with Crippen LogP contribution in [0, 0.1) is 0 Å². The first kappa shape index (κ1) is 42.5. The maximum absolute atomic E-state index is 5.45. The van der Waals surface area contributed by atoms with Crippen molar-refractivity contribution in [1.29, 1.82) is 0 Å². The Morgan fingerprint density at radius 2 is 1.07 bits per heavy atom. The normalized spacial score (nSPS) is 12.8. The Balaban J connectivity index is 0.993. The molecule has 1 aliphatic carbocycles. The predicted molar refractivity (Wildman–Crippen MR) is 313 cm³/mol. The Labute approximate surface area is 432 Å². The number of hydrogen-bond acceptors (Lipinski definition) is 4. The molecule has 0 aliphatic heterocycles. The van der Waals surface area contributed by atoms with Gasteiger partial charge in [0.15, 0.2) is 5.82 Å². The van der Waals surface area contributed by atoms with Gasteiger partial charge in [-0.05, 0) is 117 Å². The van der Waals surface area contributed by atoms with Crippen LogP contribution in [0.2, 0.25) is 0 Å². The van der Waals surface area contributed by atoms with Crippen molar-refractivity contribution in [3.05, 3.63) is 254 Å². The van der Waals surface area contributed by atoms with Crippen molar-refractivity contribution in [3.8, 4) is 50.7 Å². The minimum atomic E-state index is -0.197. The molecule has 3 aromatic heterocycles. The minimum Gasteiger partial charge on any atom is -0.309 e. The average molecular weight is 963 g/mol. The lowest BCUT2D eigenvalue weighted by molar-refractivity contribution is 0.661. The van der Waals surface area contributed by atoms with Crippen LogP contribution >= 0.6 is 11.3 Å². The van der Waals surface area contributed by atoms with Crippen LogP contribution in [-0.2, 0) is 5.41 Å². The van der Waals surface area contributed by atoms with Crippen molar-refractivity contribution in [3.63, 3.8) is 0 Å². The molecule has 11 aromatic carbocycles. The van der Waals surface area contributed by atoms with E-state index in [-0.39, 0.29) is 5.41 Å². The summed E-state index contributed by atoms with van der Waals surface area (Å²) in [7, 11) is 0. The van der Waals surface area contributed by atoms with Crippen LogP contribution in [0.3, 0.4) is 0 Å². The van der Waals surface area contributed by atoms with Crippen LogP contribution in [-0.4, -0.2) is 14.5 Å². The standard InChI is InChI=1S/C69H46N4S/c1-69(2)58-28-14-11-26-51(58)54-40-56-55-38-48(32-34-63(55)73(64(56)41-59(54)69)67-42-60(43-18-5-3-6-19-43)70-68(71-67)44-20-7-4-8-21-44)50-25-12-15-29-61(50)72(49-33-35-66-57(39-49)52-27-13-16-31-65(52)74-66)62-30-17-24-47-36-45-22-9-10-23-46(45)37-53(47)62/h3-42H,1-2H3. The van der Waals surface area contributed by atoms with E-state index in [4.69, 9.17) is 9.97 Å². The molecule has 0 N–H and O–H groups in total. The van der Waals surface area contributed by atoms with Gasteiger partial charge >= 0.3 is 0 Å². The number of nitrogens with zero attached hydrogens (tertiary/aromatic N) is 4. The highest BCUT2D eigenvalue weighted by Gasteiger charge is 2.36. The lowest BCUT2D eigenvalue weighted by Gasteiger charge is -2.29. The fourth-order valence-corrected chi connectivity index (χ4v) is 13.1. The highest BCUT2D eigenvalue weighted by molar-refractivity contribution is 7.25. The summed E-state index contributed by atoms with van der Waals surface area (Å²) in [6.45, 7) is 4.72. The minimum absolute atomic E-state index is 0.197. The molecule has 5 heteroatoms. The van der Waals surface area contributed by atoms with Gasteiger partial charge in [0.05, 0.1) is 28.1 Å². The third kappa shape index (κ3) is 6.60. The van der Waals surface area contributed by atoms with E-state index in [9.17, 15) is 0 Å². The predicted octanol–water partition coefficient (Wildman–Crippen LogP) is 19.0. The monoisotopic (exact) mass is 962 g/mol. The molecular formula is C69H46N4S. The third-order valence-electron chi connectivity index (χ3n) is 15.6. The number of aromatic nitrogens is 3. The molecule has 0 amide bonds. The molecule has 3 heterocycles. The molecule has 0 bridgehead atoms. The third-order valence-corrected chi connectivity index (χ3v) is 16.7. The van der Waals surface area contributed by atoms with E-state index in [1.807, 2.05) is 17.4 Å². The van der Waals surface area contributed by atoms with E-state index in [1.54, 1.807) is 0 Å². The molecular weight excluding hydrogens is 917 g/mol. The number of anilines is 3. The van der Waals surface area contributed by atoms with Gasteiger partial charge in [-0.25, -0.2) is 9.97 Å². The lowest BCUT2D eigenvalue weighted by Crippen LogP contribution is -2.15. The van der Waals surface area contributed by atoms with E-state index in [0.29, 0.717) is 5.82 Å². The zero-order valence-corrected chi connectivity index (χ0v) is 41.6. The Morgan fingerprint density at radius 3 is 1.92 bits per heavy atom. The summed E-state index contributed by atoms with van der Waals surface area (Å²) in [4.78, 5) is 13.2. The molecule has 4 nitrogen and oxygen atoms in total. The zero-order chi connectivity index (χ0) is 49.1. The molecule has 14 aromatic rings. The van der Waals surface area contributed by atoms with Crippen molar-refractivity contribution in [2.24, 2.45) is 0 Å². The van der Waals surface area contributed by atoms with Crippen LogP contribution in [0.4, 0.5) is 17.1 Å². The van der Waals surface area contributed by atoms with Gasteiger partial charge in [0.1, 0.15) is 5.82 Å². The van der Waals surface area contributed by atoms with E-state index in [0.717, 1.165) is 67.2 Å². The molecule has 0 saturated heterocycles. The van der Waals surface area contributed by atoms with E-state index in [1.165, 1.54) is 69.4 Å². The van der Waals surface area contributed by atoms with Gasteiger partial charge in [0.2, 0.25) is 0 Å². The second-order valence-corrected chi connectivity index (χ2v) is 21.2. The maximum atomic E-state index is 5.45. The van der Waals surface area contributed by atoms with Crippen molar-refractivity contribution in [2.75, 3.05) is 4.90 Å². The SMILES string of the molecule is CC1(C)c2ccccc2-c2cc3c4cc(-c5ccccc5N(c5ccc6sc7ccccc7c6c5)c5cccc6cc7ccccc7cc56)ccc4n(-c4cc(-c5ccccc5)nc(-c5ccccc5)n4)c3cc21. The molecule has 0 atom stereocenters. The summed E-state index contributed by atoms with van der Waals surface area (Å²) >= 11 is 1.85. The van der Waals surface area contributed by atoms with Crippen LogP contribution < -0.4 is 4.90 Å². The van der Waals surface area contributed by atoms with E-state index >= 15 is 0 Å². The van der Waals surface area contributed by atoms with Crippen molar-refractivity contribution in [2.45, 2.75) is 19.3 Å². The number of rotatable bonds is 7. The summed E-state index contributed by atoms with van der Waals surface area (Å²) in [6.07, 6.45) is 0. The highest BCUT2D eigenvalue weighted by atomic mass is 32.1. The molecule has 0 fully saturated rings. The quantitative estimate of drug-likeness (QED) is 0.149. The number of benzene rings is 11. The molecule has 1 aliphatic rings. The topological polar surface area (TPSA) is 34.0 Å². The molecule has 74 heavy (non-hydrogen) atoms. The summed E-state index contributed by atoms with van der Waals surface area (Å²) in [6, 6.07) is 88.8. The van der Waals surface area contributed by atoms with Gasteiger partial charge < -0.3 is 4.90 Å². The van der Waals surface area contributed by atoms with Crippen molar-refractivity contribution >= 4 is 91.9 Å². The van der Waals surface area contributed by atoms with Crippen molar-refractivity contribution in [1.82, 2.24) is 14.5 Å². The van der Waals surface area contributed by atoms with E-state index < -0.39 is 0 Å². The summed E-state index contributed by atoms with van der Waals surface area (Å²) in [5, 5.41) is 9.73. The maximum Gasteiger partial charge on any atom is 0.162 e. The number of thiophene rings is 1. The summed E-state index contributed by atoms with van der Waals surface area (Å²) in [5.74, 6) is 1.51. The average Bonchev–Trinajstić information content (AvgIpc) is 4.06. The molecule has 348 valence electrons. The number of fused-ring (bicyclic) bond motifs is 11. The van der Waals surface area contributed by atoms with Gasteiger partial charge in [-0.1, -0.05) is 178 Å². The lowest BCUT2D eigenvalue weighted by atomic mass is 9.82. The first-order valence-corrected chi connectivity index (χ1v) is 26.2. The fraction of sp³-hybridized carbons (Fsp3) is 0.0435. The van der Waals surface area contributed by atoms with Gasteiger partial charge in [-0.15, -0.1) is 11.3 Å². The Hall–Kier alpha value is -9.16. The first-order chi connectivity index (χ1) is 36.4. The Bertz CT molecular complexity index is 4530. The fourth-order valence-electron chi connectivity index (χ4n) is 12.0. The van der Waals surface area contributed by atoms with E-state index in [2.05, 4.69) is 260 Å². The van der Waals surface area contributed by atoms with Crippen molar-refractivity contribution < 1.29 is 0 Å². The second kappa shape index (κ2) is 16.4. The van der Waals surface area contributed by atoms with Crippen LogP contribution in [0.25, 0.3) is 114 Å². The highest BCUT2D eigenvalue weighted by Crippen LogP contribution is 2.52. The first-order valence-electron chi connectivity index (χ1n) is 25.4. The van der Waals surface area contributed by atoms with Crippen LogP contribution in [0.5, 0.6) is 0 Å². The molecule has 0 spiro atoms. The molecule has 0 saturated carbocycles.